The monoisotopic (exact) mass is 820 g/mol. The van der Waals surface area contributed by atoms with Crippen LogP contribution in [0.3, 0.4) is 0 Å². The molecule has 59 heavy (non-hydrogen) atoms. The number of benzene rings is 3. The van der Waals surface area contributed by atoms with Crippen LogP contribution in [-0.4, -0.2) is 121 Å². The summed E-state index contributed by atoms with van der Waals surface area (Å²) in [6.45, 7) is 8.76. The molecule has 3 atom stereocenters. The lowest BCUT2D eigenvalue weighted by Crippen LogP contribution is -2.54. The SMILES string of the molecule is C[C@H]1CC2(CCN(c3ccc(C(=O)N4CCN([C@@H]5CCN(c6cc7c(cc6F)C(=O)N(C6CCC(=O)NC6=O)C7=O)C5)CC4)cc3)CC2)CN1c1ccc(C#N)c(Cl)c1. The lowest BCUT2D eigenvalue weighted by Gasteiger charge is -2.40. The Morgan fingerprint density at radius 1 is 0.864 bits per heavy atom. The van der Waals surface area contributed by atoms with Gasteiger partial charge in [0.2, 0.25) is 11.8 Å². The Hall–Kier alpha value is -5.52. The molecule has 9 rings (SSSR count). The number of rotatable bonds is 6. The van der Waals surface area contributed by atoms with Crippen LogP contribution >= 0.6 is 11.6 Å². The molecule has 0 bridgehead atoms. The average Bonchev–Trinajstić information content (AvgIpc) is 3.92. The minimum absolute atomic E-state index is 0.00923. The van der Waals surface area contributed by atoms with Gasteiger partial charge >= 0.3 is 0 Å². The quantitative estimate of drug-likeness (QED) is 0.349. The van der Waals surface area contributed by atoms with Gasteiger partial charge in [-0.25, -0.2) is 4.39 Å². The minimum atomic E-state index is -1.11. The Morgan fingerprint density at radius 2 is 1.56 bits per heavy atom. The van der Waals surface area contributed by atoms with E-state index >= 15 is 4.39 Å². The predicted octanol–water partition coefficient (Wildman–Crippen LogP) is 4.67. The van der Waals surface area contributed by atoms with Crippen LogP contribution in [0.25, 0.3) is 0 Å². The molecule has 5 amide bonds. The highest BCUT2D eigenvalue weighted by Gasteiger charge is 2.46. The number of carbonyl (C=O) groups is 5. The van der Waals surface area contributed by atoms with Gasteiger partial charge in [0.1, 0.15) is 17.9 Å². The number of nitrogens with one attached hydrogen (secondary N) is 1. The van der Waals surface area contributed by atoms with Gasteiger partial charge in [-0.3, -0.25) is 39.1 Å². The summed E-state index contributed by atoms with van der Waals surface area (Å²) >= 11 is 6.37. The first-order valence-electron chi connectivity index (χ1n) is 20.6. The molecule has 0 radical (unpaired) electrons. The van der Waals surface area contributed by atoms with Crippen molar-refractivity contribution in [3.8, 4) is 6.07 Å². The number of nitriles is 1. The third-order valence-corrected chi connectivity index (χ3v) is 13.9. The van der Waals surface area contributed by atoms with E-state index in [9.17, 15) is 29.2 Å². The van der Waals surface area contributed by atoms with Crippen LogP contribution in [0.15, 0.2) is 54.6 Å². The standard InChI is InChI=1S/C44H46ClFN8O5/c1-27-23-44(26-53(27)31-7-4-29(24-47)35(45)20-31)11-14-49(15-12-44)30-5-2-28(3-6-30)41(57)51-18-16-50(17-19-51)32-10-13-52(25-32)38-22-34-33(21-36(38)46)42(58)54(43(34)59)37-8-9-39(55)48-40(37)56/h2-7,20-22,27,32,37H,8-19,23,25-26H2,1H3,(H,48,55,56)/t27-,32+,37?/m0/s1. The summed E-state index contributed by atoms with van der Waals surface area (Å²) in [7, 11) is 0. The molecule has 6 aliphatic rings. The summed E-state index contributed by atoms with van der Waals surface area (Å²) in [4.78, 5) is 76.0. The van der Waals surface area contributed by atoms with Crippen molar-refractivity contribution >= 4 is 58.2 Å². The van der Waals surface area contributed by atoms with Crippen LogP contribution < -0.4 is 20.0 Å². The van der Waals surface area contributed by atoms with Gasteiger partial charge in [-0.1, -0.05) is 11.6 Å². The molecule has 1 spiro atoms. The van der Waals surface area contributed by atoms with Crippen molar-refractivity contribution in [2.75, 3.05) is 73.6 Å². The van der Waals surface area contributed by atoms with Crippen molar-refractivity contribution < 1.29 is 28.4 Å². The van der Waals surface area contributed by atoms with Crippen molar-refractivity contribution in [2.45, 2.75) is 63.6 Å². The first kappa shape index (κ1) is 39.0. The highest BCUT2D eigenvalue weighted by molar-refractivity contribution is 6.32. The number of hydrogen-bond donors (Lipinski definition) is 1. The topological polar surface area (TPSA) is 141 Å². The number of halogens is 2. The lowest BCUT2D eigenvalue weighted by molar-refractivity contribution is -0.136. The number of piperazine rings is 1. The molecular formula is C44H46ClFN8O5. The number of hydrogen-bond acceptors (Lipinski definition) is 10. The summed E-state index contributed by atoms with van der Waals surface area (Å²) < 4.78 is 15.5. The van der Waals surface area contributed by atoms with E-state index in [1.54, 1.807) is 6.07 Å². The smallest absolute Gasteiger partial charge is 0.262 e. The number of amides is 5. The highest BCUT2D eigenvalue weighted by atomic mass is 35.5. The zero-order valence-corrected chi connectivity index (χ0v) is 33.7. The second-order valence-corrected chi connectivity index (χ2v) is 17.4. The van der Waals surface area contributed by atoms with Crippen molar-refractivity contribution in [3.05, 3.63) is 87.7 Å². The third-order valence-electron chi connectivity index (χ3n) is 13.6. The molecule has 6 heterocycles. The zero-order valence-electron chi connectivity index (χ0n) is 33.0. The molecule has 3 aromatic carbocycles. The minimum Gasteiger partial charge on any atom is -0.371 e. The molecule has 1 unspecified atom stereocenters. The van der Waals surface area contributed by atoms with Crippen LogP contribution in [0.1, 0.15) is 82.1 Å². The predicted molar refractivity (Wildman–Crippen MR) is 219 cm³/mol. The summed E-state index contributed by atoms with van der Waals surface area (Å²) in [6.07, 6.45) is 4.10. The second-order valence-electron chi connectivity index (χ2n) is 17.0. The molecule has 0 saturated carbocycles. The van der Waals surface area contributed by atoms with Crippen molar-refractivity contribution in [2.24, 2.45) is 5.41 Å². The summed E-state index contributed by atoms with van der Waals surface area (Å²) in [6, 6.07) is 17.8. The molecule has 5 saturated heterocycles. The van der Waals surface area contributed by atoms with Crippen LogP contribution in [-0.2, 0) is 9.59 Å². The summed E-state index contributed by atoms with van der Waals surface area (Å²) in [5.41, 5.74) is 3.80. The van der Waals surface area contributed by atoms with Gasteiger partial charge in [-0.05, 0) is 99.0 Å². The molecule has 5 fully saturated rings. The number of fused-ring (bicyclic) bond motifs is 1. The number of anilines is 3. The Morgan fingerprint density at radius 3 is 2.24 bits per heavy atom. The maximum Gasteiger partial charge on any atom is 0.262 e. The van der Waals surface area contributed by atoms with E-state index in [2.05, 4.69) is 45.1 Å². The Kier molecular flexibility index (Phi) is 10.1. The molecular weight excluding hydrogens is 775 g/mol. The van der Waals surface area contributed by atoms with E-state index in [-0.39, 0.29) is 47.0 Å². The first-order chi connectivity index (χ1) is 28.4. The van der Waals surface area contributed by atoms with Gasteiger partial charge in [-0.15, -0.1) is 0 Å². The molecule has 15 heteroatoms. The van der Waals surface area contributed by atoms with Gasteiger partial charge < -0.3 is 19.6 Å². The first-order valence-corrected chi connectivity index (χ1v) is 20.9. The Balaban J connectivity index is 0.763. The van der Waals surface area contributed by atoms with E-state index < -0.39 is 35.5 Å². The van der Waals surface area contributed by atoms with E-state index in [1.165, 1.54) is 6.07 Å². The number of nitrogens with zero attached hydrogens (tertiary/aromatic N) is 7. The van der Waals surface area contributed by atoms with Gasteiger partial charge in [0.25, 0.3) is 17.7 Å². The molecule has 306 valence electrons. The number of carbonyl (C=O) groups excluding carboxylic acids is 5. The molecule has 3 aromatic rings. The zero-order chi connectivity index (χ0) is 41.2. The van der Waals surface area contributed by atoms with E-state index in [4.69, 9.17) is 11.6 Å². The van der Waals surface area contributed by atoms with Crippen LogP contribution in [0.5, 0.6) is 0 Å². The molecule has 1 N–H and O–H groups in total. The molecule has 0 aliphatic carbocycles. The van der Waals surface area contributed by atoms with E-state index in [1.807, 2.05) is 34.1 Å². The summed E-state index contributed by atoms with van der Waals surface area (Å²) in [5, 5.41) is 12.0. The number of piperidine rings is 2. The fourth-order valence-corrected chi connectivity index (χ4v) is 10.5. The van der Waals surface area contributed by atoms with Crippen LogP contribution in [0.2, 0.25) is 5.02 Å². The van der Waals surface area contributed by atoms with Gasteiger partial charge in [0.15, 0.2) is 0 Å². The summed E-state index contributed by atoms with van der Waals surface area (Å²) in [5.74, 6) is -3.16. The Bertz CT molecular complexity index is 2280. The maximum atomic E-state index is 15.5. The largest absolute Gasteiger partial charge is 0.371 e. The van der Waals surface area contributed by atoms with E-state index in [0.29, 0.717) is 61.5 Å². The fourth-order valence-electron chi connectivity index (χ4n) is 10.3. The molecule has 6 aliphatic heterocycles. The average molecular weight is 821 g/mol. The number of imide groups is 2. The van der Waals surface area contributed by atoms with Crippen LogP contribution in [0.4, 0.5) is 21.5 Å². The third kappa shape index (κ3) is 7.08. The van der Waals surface area contributed by atoms with Gasteiger partial charge in [0, 0.05) is 94.3 Å². The van der Waals surface area contributed by atoms with Gasteiger partial charge in [-0.2, -0.15) is 5.26 Å². The van der Waals surface area contributed by atoms with Crippen molar-refractivity contribution in [1.82, 2.24) is 20.0 Å². The second kappa shape index (κ2) is 15.3. The Labute approximate surface area is 347 Å². The normalized spacial score (nSPS) is 24.6. The van der Waals surface area contributed by atoms with Crippen molar-refractivity contribution in [1.29, 1.82) is 5.26 Å². The highest BCUT2D eigenvalue weighted by Crippen LogP contribution is 2.46. The van der Waals surface area contributed by atoms with E-state index in [0.717, 1.165) is 67.7 Å². The molecule has 13 nitrogen and oxygen atoms in total. The lowest BCUT2D eigenvalue weighted by atomic mass is 9.76. The van der Waals surface area contributed by atoms with Crippen molar-refractivity contribution in [3.63, 3.8) is 0 Å². The van der Waals surface area contributed by atoms with Crippen LogP contribution in [0, 0.1) is 22.6 Å². The fraction of sp³-hybridized carbons (Fsp3) is 0.455. The molecule has 0 aromatic heterocycles. The maximum absolute atomic E-state index is 15.5. The van der Waals surface area contributed by atoms with Gasteiger partial charge in [0.05, 0.1) is 27.4 Å².